The van der Waals surface area contributed by atoms with E-state index >= 15 is 0 Å². The van der Waals surface area contributed by atoms with Crippen LogP contribution in [-0.4, -0.2) is 20.1 Å². The summed E-state index contributed by atoms with van der Waals surface area (Å²) in [5.74, 6) is 0.970. The molecule has 0 radical (unpaired) electrons. The molecule has 0 saturated carbocycles. The van der Waals surface area contributed by atoms with Gasteiger partial charge in [0.25, 0.3) is 5.91 Å². The molecular weight excluding hydrogens is 294 g/mol. The van der Waals surface area contributed by atoms with Crippen LogP contribution in [-0.2, 0) is 16.2 Å². The van der Waals surface area contributed by atoms with Crippen LogP contribution in [0.25, 0.3) is 6.08 Å². The number of carbonyl (C=O) groups is 1. The topological polar surface area (TPSA) is 56.8 Å². The smallest absolute Gasteiger partial charge is 0.267 e. The molecule has 1 N–H and O–H groups in total. The molecule has 120 valence electrons. The van der Waals surface area contributed by atoms with Gasteiger partial charge in [0.05, 0.1) is 20.8 Å². The van der Waals surface area contributed by atoms with Crippen molar-refractivity contribution in [3.05, 3.63) is 65.7 Å². The first-order valence-electron chi connectivity index (χ1n) is 7.08. The first-order chi connectivity index (χ1) is 11.2. The van der Waals surface area contributed by atoms with Crippen LogP contribution in [0, 0.1) is 0 Å². The van der Waals surface area contributed by atoms with Crippen LogP contribution in [0.1, 0.15) is 11.1 Å². The van der Waals surface area contributed by atoms with E-state index in [1.165, 1.54) is 6.08 Å². The number of hydroxylamine groups is 1. The molecule has 2 rings (SSSR count). The Bertz CT molecular complexity index is 646. The number of amides is 1. The first-order valence-corrected chi connectivity index (χ1v) is 7.08. The summed E-state index contributed by atoms with van der Waals surface area (Å²) < 4.78 is 10.4. The van der Waals surface area contributed by atoms with Crippen molar-refractivity contribution >= 4 is 12.0 Å². The molecule has 0 heterocycles. The molecule has 2 aromatic rings. The quantitative estimate of drug-likeness (QED) is 0.631. The molecule has 0 aliphatic heterocycles. The van der Waals surface area contributed by atoms with Crippen molar-refractivity contribution in [2.75, 3.05) is 14.2 Å². The minimum absolute atomic E-state index is 0.313. The molecule has 2 aromatic carbocycles. The van der Waals surface area contributed by atoms with Gasteiger partial charge in [-0.25, -0.2) is 5.48 Å². The van der Waals surface area contributed by atoms with Crippen molar-refractivity contribution in [1.29, 1.82) is 0 Å². The van der Waals surface area contributed by atoms with Crippen molar-refractivity contribution < 1.29 is 19.1 Å². The lowest BCUT2D eigenvalue weighted by Gasteiger charge is -2.06. The Morgan fingerprint density at radius 1 is 1.04 bits per heavy atom. The average molecular weight is 313 g/mol. The molecule has 0 unspecified atom stereocenters. The highest BCUT2D eigenvalue weighted by Gasteiger charge is 2.01. The lowest BCUT2D eigenvalue weighted by atomic mass is 10.2. The molecule has 0 aromatic heterocycles. The second-order valence-electron chi connectivity index (χ2n) is 4.72. The van der Waals surface area contributed by atoms with Gasteiger partial charge in [0.15, 0.2) is 0 Å². The lowest BCUT2D eigenvalue weighted by Crippen LogP contribution is -2.21. The summed E-state index contributed by atoms with van der Waals surface area (Å²) in [4.78, 5) is 16.9. The van der Waals surface area contributed by atoms with Gasteiger partial charge in [0, 0.05) is 12.1 Å². The summed E-state index contributed by atoms with van der Waals surface area (Å²) in [5.41, 5.74) is 4.14. The highest BCUT2D eigenvalue weighted by molar-refractivity contribution is 5.91. The standard InChI is InChI=1S/C18H19NO4/c1-21-16-10-15(11-17(12-16)22-2)8-9-18(20)19-23-13-14-6-4-3-5-7-14/h3-12H,13H2,1-2H3,(H,19,20)/b9-8+. The number of nitrogens with one attached hydrogen (secondary N) is 1. The van der Waals surface area contributed by atoms with Crippen LogP contribution in [0.3, 0.4) is 0 Å². The second kappa shape index (κ2) is 8.60. The maximum Gasteiger partial charge on any atom is 0.267 e. The van der Waals surface area contributed by atoms with E-state index < -0.39 is 0 Å². The fourth-order valence-corrected chi connectivity index (χ4v) is 1.90. The zero-order chi connectivity index (χ0) is 16.5. The first kappa shape index (κ1) is 16.6. The summed E-state index contributed by atoms with van der Waals surface area (Å²) in [6.07, 6.45) is 3.05. The van der Waals surface area contributed by atoms with E-state index in [1.54, 1.807) is 38.5 Å². The third-order valence-electron chi connectivity index (χ3n) is 3.06. The molecule has 0 saturated heterocycles. The molecule has 0 spiro atoms. The fraction of sp³-hybridized carbons (Fsp3) is 0.167. The molecule has 0 bridgehead atoms. The Morgan fingerprint density at radius 2 is 1.70 bits per heavy atom. The molecule has 0 aliphatic carbocycles. The SMILES string of the molecule is COc1cc(/C=C/C(=O)NOCc2ccccc2)cc(OC)c1. The Labute approximate surface area is 135 Å². The minimum atomic E-state index is -0.345. The van der Waals surface area contributed by atoms with Crippen LogP contribution in [0.2, 0.25) is 0 Å². The molecule has 0 atom stereocenters. The normalized spacial score (nSPS) is 10.5. The molecular formula is C18H19NO4. The number of benzene rings is 2. The summed E-state index contributed by atoms with van der Waals surface area (Å²) >= 11 is 0. The van der Waals surface area contributed by atoms with E-state index in [-0.39, 0.29) is 5.91 Å². The average Bonchev–Trinajstić information content (AvgIpc) is 2.60. The zero-order valence-corrected chi connectivity index (χ0v) is 13.1. The van der Waals surface area contributed by atoms with E-state index in [0.717, 1.165) is 11.1 Å². The maximum absolute atomic E-state index is 11.7. The van der Waals surface area contributed by atoms with Gasteiger partial charge < -0.3 is 9.47 Å². The minimum Gasteiger partial charge on any atom is -0.497 e. The van der Waals surface area contributed by atoms with Gasteiger partial charge in [0.1, 0.15) is 11.5 Å². The van der Waals surface area contributed by atoms with E-state index in [2.05, 4.69) is 5.48 Å². The monoisotopic (exact) mass is 313 g/mol. The molecule has 5 heteroatoms. The van der Waals surface area contributed by atoms with Crippen LogP contribution in [0.15, 0.2) is 54.6 Å². The van der Waals surface area contributed by atoms with Crippen molar-refractivity contribution in [3.8, 4) is 11.5 Å². The van der Waals surface area contributed by atoms with Crippen LogP contribution in [0.5, 0.6) is 11.5 Å². The van der Waals surface area contributed by atoms with E-state index in [9.17, 15) is 4.79 Å². The van der Waals surface area contributed by atoms with Crippen molar-refractivity contribution in [3.63, 3.8) is 0 Å². The van der Waals surface area contributed by atoms with E-state index in [1.807, 2.05) is 30.3 Å². The van der Waals surface area contributed by atoms with Gasteiger partial charge in [-0.1, -0.05) is 30.3 Å². The summed E-state index contributed by atoms with van der Waals surface area (Å²) in [6.45, 7) is 0.313. The lowest BCUT2D eigenvalue weighted by molar-refractivity contribution is -0.129. The van der Waals surface area contributed by atoms with Crippen LogP contribution < -0.4 is 15.0 Å². The Kier molecular flexibility index (Phi) is 6.20. The van der Waals surface area contributed by atoms with Gasteiger partial charge in [-0.3, -0.25) is 9.63 Å². The number of ether oxygens (including phenoxy) is 2. The van der Waals surface area contributed by atoms with Crippen LogP contribution in [0.4, 0.5) is 0 Å². The van der Waals surface area contributed by atoms with Gasteiger partial charge in [0.2, 0.25) is 0 Å². The highest BCUT2D eigenvalue weighted by Crippen LogP contribution is 2.23. The van der Waals surface area contributed by atoms with E-state index in [0.29, 0.717) is 18.1 Å². The van der Waals surface area contributed by atoms with Gasteiger partial charge in [-0.15, -0.1) is 0 Å². The Balaban J connectivity index is 1.88. The summed E-state index contributed by atoms with van der Waals surface area (Å²) in [7, 11) is 3.15. The maximum atomic E-state index is 11.7. The number of hydrogen-bond acceptors (Lipinski definition) is 4. The number of rotatable bonds is 7. The zero-order valence-electron chi connectivity index (χ0n) is 13.1. The van der Waals surface area contributed by atoms with E-state index in [4.69, 9.17) is 14.3 Å². The van der Waals surface area contributed by atoms with Crippen LogP contribution >= 0.6 is 0 Å². The predicted molar refractivity (Wildman–Crippen MR) is 88.0 cm³/mol. The third-order valence-corrected chi connectivity index (χ3v) is 3.06. The largest absolute Gasteiger partial charge is 0.497 e. The molecule has 0 aliphatic rings. The van der Waals surface area contributed by atoms with Crippen molar-refractivity contribution in [2.45, 2.75) is 6.61 Å². The molecule has 0 fully saturated rings. The Hall–Kier alpha value is -2.79. The summed E-state index contributed by atoms with van der Waals surface area (Å²) in [6, 6.07) is 15.0. The summed E-state index contributed by atoms with van der Waals surface area (Å²) in [5, 5.41) is 0. The number of methoxy groups -OCH3 is 2. The molecule has 1 amide bonds. The highest BCUT2D eigenvalue weighted by atomic mass is 16.6. The van der Waals surface area contributed by atoms with Gasteiger partial charge in [-0.2, -0.15) is 0 Å². The van der Waals surface area contributed by atoms with Gasteiger partial charge >= 0.3 is 0 Å². The predicted octanol–water partition coefficient (Wildman–Crippen LogP) is 2.97. The number of carbonyl (C=O) groups excluding carboxylic acids is 1. The van der Waals surface area contributed by atoms with Gasteiger partial charge in [-0.05, 0) is 29.3 Å². The number of hydrogen-bond donors (Lipinski definition) is 1. The molecule has 23 heavy (non-hydrogen) atoms. The third kappa shape index (κ3) is 5.48. The Morgan fingerprint density at radius 3 is 2.30 bits per heavy atom. The fourth-order valence-electron chi connectivity index (χ4n) is 1.90. The van der Waals surface area contributed by atoms with Crippen molar-refractivity contribution in [1.82, 2.24) is 5.48 Å². The molecule has 5 nitrogen and oxygen atoms in total. The van der Waals surface area contributed by atoms with Crippen molar-refractivity contribution in [2.24, 2.45) is 0 Å². The second-order valence-corrected chi connectivity index (χ2v) is 4.72.